The SMILES string of the molecule is COc1ccc(/C=C2/NC(=S)N(CC3CCCO3)C2=O)cc1Cn1nc(C(F)F)c(Cl)c1C(F)F. The number of hydrogen-bond donors (Lipinski definition) is 1. The van der Waals surface area contributed by atoms with Crippen molar-refractivity contribution >= 4 is 40.9 Å². The molecule has 35 heavy (non-hydrogen) atoms. The lowest BCUT2D eigenvalue weighted by atomic mass is 10.1. The van der Waals surface area contributed by atoms with Crippen LogP contribution in [0.25, 0.3) is 6.08 Å². The first-order chi connectivity index (χ1) is 16.7. The molecule has 1 atom stereocenters. The molecule has 1 N–H and O–H groups in total. The Morgan fingerprint density at radius 3 is 2.74 bits per heavy atom. The van der Waals surface area contributed by atoms with Crippen LogP contribution >= 0.6 is 23.8 Å². The summed E-state index contributed by atoms with van der Waals surface area (Å²) in [6, 6.07) is 4.81. The van der Waals surface area contributed by atoms with E-state index in [2.05, 4.69) is 10.4 Å². The monoisotopic (exact) mass is 532 g/mol. The van der Waals surface area contributed by atoms with Crippen molar-refractivity contribution in [3.63, 3.8) is 0 Å². The fourth-order valence-corrected chi connectivity index (χ4v) is 4.58. The van der Waals surface area contributed by atoms with E-state index in [1.807, 2.05) is 0 Å². The molecule has 0 radical (unpaired) electrons. The summed E-state index contributed by atoms with van der Waals surface area (Å²) >= 11 is 11.0. The molecular formula is C22H21ClF4N4O3S. The minimum atomic E-state index is -3.12. The number of halogens is 5. The Balaban J connectivity index is 1.62. The molecule has 7 nitrogen and oxygen atoms in total. The van der Waals surface area contributed by atoms with Gasteiger partial charge in [-0.1, -0.05) is 17.7 Å². The minimum Gasteiger partial charge on any atom is -0.496 e. The van der Waals surface area contributed by atoms with Gasteiger partial charge in [-0.15, -0.1) is 0 Å². The quantitative estimate of drug-likeness (QED) is 0.302. The molecule has 2 aliphatic heterocycles. The maximum atomic E-state index is 13.6. The van der Waals surface area contributed by atoms with Crippen molar-refractivity contribution in [1.82, 2.24) is 20.0 Å². The van der Waals surface area contributed by atoms with E-state index in [0.29, 0.717) is 30.0 Å². The third-order valence-corrected chi connectivity index (χ3v) is 6.39. The molecule has 1 aromatic heterocycles. The van der Waals surface area contributed by atoms with Crippen LogP contribution in [0.15, 0.2) is 23.9 Å². The van der Waals surface area contributed by atoms with Gasteiger partial charge >= 0.3 is 0 Å². The third kappa shape index (κ3) is 5.29. The molecule has 0 saturated carbocycles. The summed E-state index contributed by atoms with van der Waals surface area (Å²) in [4.78, 5) is 14.3. The third-order valence-electron chi connectivity index (χ3n) is 5.68. The number of benzene rings is 1. The number of amides is 1. The van der Waals surface area contributed by atoms with Crippen molar-refractivity contribution < 1.29 is 31.8 Å². The van der Waals surface area contributed by atoms with Crippen molar-refractivity contribution in [2.24, 2.45) is 0 Å². The Morgan fingerprint density at radius 1 is 1.34 bits per heavy atom. The lowest BCUT2D eigenvalue weighted by molar-refractivity contribution is -0.123. The number of methoxy groups -OCH3 is 1. The van der Waals surface area contributed by atoms with Crippen molar-refractivity contribution in [3.05, 3.63) is 51.4 Å². The topological polar surface area (TPSA) is 68.6 Å². The molecule has 13 heteroatoms. The van der Waals surface area contributed by atoms with Gasteiger partial charge in [0, 0.05) is 12.2 Å². The van der Waals surface area contributed by atoms with E-state index in [1.165, 1.54) is 12.0 Å². The molecule has 4 rings (SSSR count). The van der Waals surface area contributed by atoms with E-state index < -0.39 is 29.3 Å². The maximum absolute atomic E-state index is 13.6. The zero-order valence-electron chi connectivity index (χ0n) is 18.4. The highest BCUT2D eigenvalue weighted by Crippen LogP contribution is 2.35. The van der Waals surface area contributed by atoms with Gasteiger partial charge in [-0.05, 0) is 48.8 Å². The van der Waals surface area contributed by atoms with Gasteiger partial charge in [0.15, 0.2) is 5.11 Å². The molecule has 2 fully saturated rings. The van der Waals surface area contributed by atoms with Gasteiger partial charge in [0.2, 0.25) is 0 Å². The van der Waals surface area contributed by atoms with Gasteiger partial charge in [-0.25, -0.2) is 17.6 Å². The van der Waals surface area contributed by atoms with E-state index in [1.54, 1.807) is 24.3 Å². The van der Waals surface area contributed by atoms with Crippen LogP contribution in [0.4, 0.5) is 17.6 Å². The van der Waals surface area contributed by atoms with Crippen LogP contribution in [-0.4, -0.2) is 52.1 Å². The van der Waals surface area contributed by atoms with Crippen molar-refractivity contribution in [2.45, 2.75) is 38.3 Å². The van der Waals surface area contributed by atoms with E-state index in [4.69, 9.17) is 33.3 Å². The number of hydrogen-bond acceptors (Lipinski definition) is 5. The molecule has 1 unspecified atom stereocenters. The average Bonchev–Trinajstić information content (AvgIpc) is 3.50. The van der Waals surface area contributed by atoms with E-state index >= 15 is 0 Å². The first kappa shape index (κ1) is 25.4. The molecule has 188 valence electrons. The summed E-state index contributed by atoms with van der Waals surface area (Å²) < 4.78 is 65.1. The van der Waals surface area contributed by atoms with Gasteiger partial charge in [-0.3, -0.25) is 14.4 Å². The lowest BCUT2D eigenvalue weighted by Crippen LogP contribution is -2.37. The first-order valence-electron chi connectivity index (χ1n) is 10.6. The van der Waals surface area contributed by atoms with Crippen LogP contribution < -0.4 is 10.1 Å². The van der Waals surface area contributed by atoms with Gasteiger partial charge in [0.25, 0.3) is 18.8 Å². The summed E-state index contributed by atoms with van der Waals surface area (Å²) in [5, 5.41) is 5.97. The maximum Gasteiger partial charge on any atom is 0.283 e. The number of nitrogens with zero attached hydrogens (tertiary/aromatic N) is 3. The van der Waals surface area contributed by atoms with Crippen molar-refractivity contribution in [1.29, 1.82) is 0 Å². The number of alkyl halides is 4. The Labute approximate surface area is 208 Å². The highest BCUT2D eigenvalue weighted by molar-refractivity contribution is 7.80. The molecule has 1 amide bonds. The Hall–Kier alpha value is -2.70. The van der Waals surface area contributed by atoms with E-state index in [0.717, 1.165) is 17.5 Å². The molecule has 3 heterocycles. The number of aromatic nitrogens is 2. The first-order valence-corrected chi connectivity index (χ1v) is 11.4. The summed E-state index contributed by atoms with van der Waals surface area (Å²) in [6.45, 7) is 0.688. The molecule has 0 aliphatic carbocycles. The second-order valence-electron chi connectivity index (χ2n) is 7.95. The lowest BCUT2D eigenvalue weighted by Gasteiger charge is -2.18. The standard InChI is InChI=1S/C22H21ClF4N4O3S/c1-33-15-5-4-11(8-14-21(32)30(22(35)28-14)10-13-3-2-6-34-13)7-12(15)9-31-18(20(26)27)16(23)17(29-31)19(24)25/h4-5,7-8,13,19-20H,2-3,6,9-10H2,1H3,(H,28,35)/b14-8+. The number of nitrogens with one attached hydrogen (secondary N) is 1. The van der Waals surface area contributed by atoms with Crippen molar-refractivity contribution in [2.75, 3.05) is 20.3 Å². The molecular weight excluding hydrogens is 512 g/mol. The molecule has 0 spiro atoms. The fraction of sp³-hybridized carbons (Fsp3) is 0.409. The Kier molecular flexibility index (Phi) is 7.62. The number of thiocarbonyl (C=S) groups is 1. The van der Waals surface area contributed by atoms with Crippen LogP contribution in [-0.2, 0) is 16.1 Å². The summed E-state index contributed by atoms with van der Waals surface area (Å²) in [5.74, 6) is 0.00195. The summed E-state index contributed by atoms with van der Waals surface area (Å²) in [6.07, 6.45) is -2.97. The second kappa shape index (κ2) is 10.5. The van der Waals surface area contributed by atoms with Crippen molar-refractivity contribution in [3.8, 4) is 5.75 Å². The fourth-order valence-electron chi connectivity index (χ4n) is 4.01. The largest absolute Gasteiger partial charge is 0.496 e. The normalized spacial score (nSPS) is 19.5. The van der Waals surface area contributed by atoms with Gasteiger partial charge in [0.05, 0.1) is 31.3 Å². The van der Waals surface area contributed by atoms with Crippen LogP contribution in [0, 0.1) is 0 Å². The molecule has 2 aromatic rings. The predicted octanol–water partition coefficient (Wildman–Crippen LogP) is 4.71. The van der Waals surface area contributed by atoms with Gasteiger partial charge < -0.3 is 14.8 Å². The summed E-state index contributed by atoms with van der Waals surface area (Å²) in [7, 11) is 1.38. The smallest absolute Gasteiger partial charge is 0.283 e. The van der Waals surface area contributed by atoms with E-state index in [-0.39, 0.29) is 29.4 Å². The molecule has 1 aromatic carbocycles. The summed E-state index contributed by atoms with van der Waals surface area (Å²) in [5.41, 5.74) is -0.591. The van der Waals surface area contributed by atoms with Gasteiger partial charge in [0.1, 0.15) is 22.8 Å². The molecule has 2 saturated heterocycles. The second-order valence-corrected chi connectivity index (χ2v) is 8.72. The van der Waals surface area contributed by atoms with Gasteiger partial charge in [-0.2, -0.15) is 5.10 Å². The van der Waals surface area contributed by atoms with Crippen LogP contribution in [0.5, 0.6) is 5.75 Å². The number of carbonyl (C=O) groups is 1. The minimum absolute atomic E-state index is 0.0753. The van der Waals surface area contributed by atoms with Crippen LogP contribution in [0.1, 0.15) is 48.2 Å². The van der Waals surface area contributed by atoms with Crippen LogP contribution in [0.2, 0.25) is 5.02 Å². The predicted molar refractivity (Wildman–Crippen MR) is 124 cm³/mol. The number of ether oxygens (including phenoxy) is 2. The van der Waals surface area contributed by atoms with E-state index in [9.17, 15) is 22.4 Å². The number of carbonyl (C=O) groups excluding carboxylic acids is 1. The average molecular weight is 533 g/mol. The zero-order valence-corrected chi connectivity index (χ0v) is 20.0. The zero-order chi connectivity index (χ0) is 25.3. The number of rotatable bonds is 8. The van der Waals surface area contributed by atoms with Crippen LogP contribution in [0.3, 0.4) is 0 Å². The Morgan fingerprint density at radius 2 is 2.11 bits per heavy atom. The molecule has 0 bridgehead atoms. The Bertz CT molecular complexity index is 1170. The highest BCUT2D eigenvalue weighted by Gasteiger charge is 2.33. The molecule has 2 aliphatic rings. The highest BCUT2D eigenvalue weighted by atomic mass is 35.5.